The molecule has 2 heterocycles. The van der Waals surface area contributed by atoms with E-state index < -0.39 is 6.36 Å². The number of nitrogens with one attached hydrogen (secondary N) is 1. The second-order valence-corrected chi connectivity index (χ2v) is 5.47. The van der Waals surface area contributed by atoms with Crippen LogP contribution >= 0.6 is 0 Å². The zero-order valence-electron chi connectivity index (χ0n) is 14.2. The number of ether oxygens (including phenoxy) is 1. The zero-order chi connectivity index (χ0) is 19.4. The van der Waals surface area contributed by atoms with Gasteiger partial charge in [0, 0.05) is 18.3 Å². The first-order valence-corrected chi connectivity index (χ1v) is 7.98. The zero-order valence-corrected chi connectivity index (χ0v) is 14.2. The van der Waals surface area contributed by atoms with Gasteiger partial charge in [-0.05, 0) is 43.3 Å². The summed E-state index contributed by atoms with van der Waals surface area (Å²) >= 11 is 0. The van der Waals surface area contributed by atoms with Gasteiger partial charge in [0.15, 0.2) is 0 Å². The van der Waals surface area contributed by atoms with E-state index in [0.717, 1.165) is 12.1 Å². The Kier molecular flexibility index (Phi) is 5.15. The minimum absolute atomic E-state index is 0.0946. The van der Waals surface area contributed by atoms with E-state index in [1.165, 1.54) is 12.1 Å². The molecule has 2 aromatic heterocycles. The first-order chi connectivity index (χ1) is 12.9. The van der Waals surface area contributed by atoms with Crippen molar-refractivity contribution in [3.63, 3.8) is 0 Å². The van der Waals surface area contributed by atoms with E-state index in [1.54, 1.807) is 22.9 Å². The van der Waals surface area contributed by atoms with Crippen molar-refractivity contribution >= 4 is 5.91 Å². The SMILES string of the molecule is CCNC(=O)Cn1cccc1-c1nc(-c2ccc(OC(F)(F)F)cc2)no1. The third-order valence-corrected chi connectivity index (χ3v) is 3.51. The van der Waals surface area contributed by atoms with Crippen LogP contribution in [0.3, 0.4) is 0 Å². The number of hydrogen-bond acceptors (Lipinski definition) is 5. The van der Waals surface area contributed by atoms with Gasteiger partial charge < -0.3 is 19.1 Å². The minimum Gasteiger partial charge on any atom is -0.406 e. The Morgan fingerprint density at radius 1 is 1.26 bits per heavy atom. The highest BCUT2D eigenvalue weighted by Crippen LogP contribution is 2.27. The molecule has 3 aromatic rings. The molecule has 0 spiro atoms. The number of carbonyl (C=O) groups is 1. The van der Waals surface area contributed by atoms with Crippen molar-refractivity contribution in [2.75, 3.05) is 6.54 Å². The summed E-state index contributed by atoms with van der Waals surface area (Å²) in [6.07, 6.45) is -3.05. The maximum Gasteiger partial charge on any atom is 0.573 e. The predicted octanol–water partition coefficient (Wildman–Crippen LogP) is 3.24. The van der Waals surface area contributed by atoms with Crippen LogP contribution in [-0.4, -0.2) is 33.5 Å². The number of nitrogens with zero attached hydrogens (tertiary/aromatic N) is 3. The van der Waals surface area contributed by atoms with E-state index in [4.69, 9.17) is 4.52 Å². The summed E-state index contributed by atoms with van der Waals surface area (Å²) in [4.78, 5) is 16.0. The van der Waals surface area contributed by atoms with Crippen LogP contribution in [-0.2, 0) is 11.3 Å². The number of halogens is 3. The smallest absolute Gasteiger partial charge is 0.406 e. The van der Waals surface area contributed by atoms with Crippen LogP contribution in [0.15, 0.2) is 47.1 Å². The van der Waals surface area contributed by atoms with Gasteiger partial charge in [-0.1, -0.05) is 5.16 Å². The van der Waals surface area contributed by atoms with E-state index in [0.29, 0.717) is 17.8 Å². The quantitative estimate of drug-likeness (QED) is 0.710. The molecule has 0 bridgehead atoms. The summed E-state index contributed by atoms with van der Waals surface area (Å²) in [6.45, 7) is 2.44. The number of hydrogen-bond donors (Lipinski definition) is 1. The lowest BCUT2D eigenvalue weighted by Crippen LogP contribution is -2.27. The van der Waals surface area contributed by atoms with Crippen molar-refractivity contribution < 1.29 is 27.2 Å². The first kappa shape index (κ1) is 18.5. The molecule has 142 valence electrons. The Bertz CT molecular complexity index is 916. The molecule has 0 fully saturated rings. The minimum atomic E-state index is -4.75. The highest BCUT2D eigenvalue weighted by atomic mass is 19.4. The molecule has 0 unspecified atom stereocenters. The molecule has 27 heavy (non-hydrogen) atoms. The van der Waals surface area contributed by atoms with Crippen molar-refractivity contribution in [2.24, 2.45) is 0 Å². The Morgan fingerprint density at radius 2 is 2.00 bits per heavy atom. The molecule has 0 radical (unpaired) electrons. The summed E-state index contributed by atoms with van der Waals surface area (Å²) in [5.41, 5.74) is 1.01. The third kappa shape index (κ3) is 4.66. The maximum absolute atomic E-state index is 12.2. The Morgan fingerprint density at radius 3 is 2.67 bits per heavy atom. The van der Waals surface area contributed by atoms with Gasteiger partial charge >= 0.3 is 6.36 Å². The van der Waals surface area contributed by atoms with Crippen LogP contribution in [0.25, 0.3) is 23.0 Å². The summed E-state index contributed by atoms with van der Waals surface area (Å²) in [5, 5.41) is 6.54. The molecule has 0 atom stereocenters. The number of likely N-dealkylation sites (N-methyl/N-ethyl adjacent to an activating group) is 1. The van der Waals surface area contributed by atoms with Crippen molar-refractivity contribution in [1.29, 1.82) is 0 Å². The largest absolute Gasteiger partial charge is 0.573 e. The van der Waals surface area contributed by atoms with Crippen LogP contribution in [0.1, 0.15) is 6.92 Å². The predicted molar refractivity (Wildman–Crippen MR) is 88.5 cm³/mol. The Hall–Kier alpha value is -3.30. The summed E-state index contributed by atoms with van der Waals surface area (Å²) in [5.74, 6) is -0.107. The van der Waals surface area contributed by atoms with Gasteiger partial charge in [-0.3, -0.25) is 4.79 Å². The molecule has 0 saturated heterocycles. The fourth-order valence-corrected chi connectivity index (χ4v) is 2.40. The molecule has 0 aliphatic rings. The molecule has 3 rings (SSSR count). The molecule has 1 amide bonds. The van der Waals surface area contributed by atoms with Gasteiger partial charge in [0.25, 0.3) is 5.89 Å². The molecule has 1 N–H and O–H groups in total. The monoisotopic (exact) mass is 380 g/mol. The lowest BCUT2D eigenvalue weighted by molar-refractivity contribution is -0.274. The fourth-order valence-electron chi connectivity index (χ4n) is 2.40. The number of aromatic nitrogens is 3. The summed E-state index contributed by atoms with van der Waals surface area (Å²) in [7, 11) is 0. The molecule has 0 saturated carbocycles. The van der Waals surface area contributed by atoms with Crippen molar-refractivity contribution in [3.05, 3.63) is 42.6 Å². The molecule has 1 aromatic carbocycles. The van der Waals surface area contributed by atoms with E-state index in [-0.39, 0.29) is 29.9 Å². The Labute approximate surface area is 151 Å². The number of benzene rings is 1. The average molecular weight is 380 g/mol. The van der Waals surface area contributed by atoms with Crippen molar-refractivity contribution in [2.45, 2.75) is 19.8 Å². The van der Waals surface area contributed by atoms with E-state index in [9.17, 15) is 18.0 Å². The molecule has 0 aliphatic carbocycles. The van der Waals surface area contributed by atoms with E-state index >= 15 is 0 Å². The van der Waals surface area contributed by atoms with Crippen LogP contribution in [0.4, 0.5) is 13.2 Å². The summed E-state index contributed by atoms with van der Waals surface area (Å²) in [6, 6.07) is 8.57. The lowest BCUT2D eigenvalue weighted by atomic mass is 10.2. The third-order valence-electron chi connectivity index (χ3n) is 3.51. The van der Waals surface area contributed by atoms with Gasteiger partial charge in [-0.25, -0.2) is 0 Å². The summed E-state index contributed by atoms with van der Waals surface area (Å²) < 4.78 is 47.3. The second-order valence-electron chi connectivity index (χ2n) is 5.47. The molecular weight excluding hydrogens is 365 g/mol. The highest BCUT2D eigenvalue weighted by Gasteiger charge is 2.31. The van der Waals surface area contributed by atoms with Crippen LogP contribution in [0.2, 0.25) is 0 Å². The van der Waals surface area contributed by atoms with E-state index in [2.05, 4.69) is 20.2 Å². The number of rotatable bonds is 6. The lowest BCUT2D eigenvalue weighted by Gasteiger charge is -2.08. The molecule has 0 aliphatic heterocycles. The van der Waals surface area contributed by atoms with Crippen LogP contribution in [0, 0.1) is 0 Å². The van der Waals surface area contributed by atoms with Crippen molar-refractivity contribution in [3.8, 4) is 28.7 Å². The van der Waals surface area contributed by atoms with Crippen molar-refractivity contribution in [1.82, 2.24) is 20.0 Å². The maximum atomic E-state index is 12.2. The van der Waals surface area contributed by atoms with Crippen LogP contribution < -0.4 is 10.1 Å². The number of alkyl halides is 3. The van der Waals surface area contributed by atoms with Gasteiger partial charge in [0.05, 0.1) is 0 Å². The number of amides is 1. The topological polar surface area (TPSA) is 82.2 Å². The van der Waals surface area contributed by atoms with Gasteiger partial charge in [-0.2, -0.15) is 4.98 Å². The van der Waals surface area contributed by atoms with Gasteiger partial charge in [0.2, 0.25) is 11.7 Å². The van der Waals surface area contributed by atoms with Gasteiger partial charge in [0.1, 0.15) is 18.0 Å². The average Bonchev–Trinajstić information content (AvgIpc) is 3.23. The molecule has 10 heteroatoms. The normalized spacial score (nSPS) is 11.4. The standard InChI is InChI=1S/C17H15F3N4O3/c1-2-21-14(25)10-24-9-3-4-13(24)16-22-15(23-27-16)11-5-7-12(8-6-11)26-17(18,19)20/h3-9H,2,10H2,1H3,(H,21,25). The fraction of sp³-hybridized carbons (Fsp3) is 0.235. The second kappa shape index (κ2) is 7.52. The Balaban J connectivity index is 1.78. The highest BCUT2D eigenvalue weighted by molar-refractivity contribution is 5.76. The van der Waals surface area contributed by atoms with Gasteiger partial charge in [-0.15, -0.1) is 13.2 Å². The van der Waals surface area contributed by atoms with E-state index in [1.807, 2.05) is 6.92 Å². The molecule has 7 nitrogen and oxygen atoms in total. The van der Waals surface area contributed by atoms with Crippen LogP contribution in [0.5, 0.6) is 5.75 Å². The first-order valence-electron chi connectivity index (χ1n) is 7.98. The molecular formula is C17H15F3N4O3. The number of carbonyl (C=O) groups excluding carboxylic acids is 1.